The van der Waals surface area contributed by atoms with E-state index in [-0.39, 0.29) is 0 Å². The van der Waals surface area contributed by atoms with Crippen LogP contribution in [0.25, 0.3) is 0 Å². The Hall–Kier alpha value is 0.01000. The lowest BCUT2D eigenvalue weighted by atomic mass is 9.92. The summed E-state index contributed by atoms with van der Waals surface area (Å²) in [5.74, 6) is 0.814. The fraction of sp³-hybridized carbons (Fsp3) is 0.600. The van der Waals surface area contributed by atoms with Gasteiger partial charge in [0.15, 0.2) is 0 Å². The molecule has 0 spiro atoms. The summed E-state index contributed by atoms with van der Waals surface area (Å²) in [5, 5.41) is 4.13. The van der Waals surface area contributed by atoms with Crippen molar-refractivity contribution in [1.82, 2.24) is 5.32 Å². The van der Waals surface area contributed by atoms with E-state index in [4.69, 9.17) is 0 Å². The highest BCUT2D eigenvalue weighted by Crippen LogP contribution is 2.32. The highest BCUT2D eigenvalue weighted by molar-refractivity contribution is 9.10. The van der Waals surface area contributed by atoms with Crippen LogP contribution in [0.5, 0.6) is 0 Å². The first-order valence-corrected chi connectivity index (χ1v) is 8.48. The van der Waals surface area contributed by atoms with Gasteiger partial charge in [-0.05, 0) is 71.9 Å². The Labute approximate surface area is 123 Å². The van der Waals surface area contributed by atoms with Crippen molar-refractivity contribution in [2.24, 2.45) is 5.92 Å². The molecule has 1 N–H and O–H groups in total. The van der Waals surface area contributed by atoms with Gasteiger partial charge in [-0.1, -0.05) is 19.9 Å². The van der Waals surface area contributed by atoms with Gasteiger partial charge in [0.05, 0.1) is 0 Å². The molecule has 1 aromatic carbocycles. The minimum absolute atomic E-state index is 0.634. The second-order valence-corrected chi connectivity index (χ2v) is 7.82. The van der Waals surface area contributed by atoms with Crippen molar-refractivity contribution in [3.63, 3.8) is 0 Å². The van der Waals surface area contributed by atoms with E-state index in [1.54, 1.807) is 0 Å². The van der Waals surface area contributed by atoms with Gasteiger partial charge in [0, 0.05) is 14.6 Å². The monoisotopic (exact) mass is 327 g/mol. The second-order valence-electron chi connectivity index (χ2n) is 5.35. The molecule has 0 amide bonds. The number of thioether (sulfide) groups is 1. The zero-order chi connectivity index (χ0) is 13.0. The molecule has 1 aliphatic heterocycles. The van der Waals surface area contributed by atoms with Crippen LogP contribution in [0.2, 0.25) is 0 Å². The number of hydrogen-bond donors (Lipinski definition) is 1. The van der Waals surface area contributed by atoms with Crippen LogP contribution in [0.4, 0.5) is 0 Å². The van der Waals surface area contributed by atoms with Gasteiger partial charge in [-0.3, -0.25) is 0 Å². The van der Waals surface area contributed by atoms with E-state index in [1.165, 1.54) is 47.3 Å². The number of hydrogen-bond acceptors (Lipinski definition) is 2. The summed E-state index contributed by atoms with van der Waals surface area (Å²) >= 11 is 5.62. The van der Waals surface area contributed by atoms with Gasteiger partial charge in [-0.15, -0.1) is 11.8 Å². The number of piperidine rings is 1. The summed E-state index contributed by atoms with van der Waals surface area (Å²) in [6.07, 6.45) is 3.90. The fourth-order valence-corrected chi connectivity index (χ4v) is 3.98. The molecular formula is C15H22BrNS. The summed E-state index contributed by atoms with van der Waals surface area (Å²) in [6, 6.07) is 6.86. The van der Waals surface area contributed by atoms with Crippen molar-refractivity contribution in [1.29, 1.82) is 0 Å². The van der Waals surface area contributed by atoms with Crippen molar-refractivity contribution < 1.29 is 0 Å². The molecule has 1 unspecified atom stereocenters. The fourth-order valence-electron chi connectivity index (χ4n) is 2.45. The van der Waals surface area contributed by atoms with Crippen LogP contribution in [0.3, 0.4) is 0 Å². The zero-order valence-corrected chi connectivity index (χ0v) is 13.6. The quantitative estimate of drug-likeness (QED) is 0.817. The van der Waals surface area contributed by atoms with Gasteiger partial charge in [0.2, 0.25) is 0 Å². The van der Waals surface area contributed by atoms with E-state index >= 15 is 0 Å². The standard InChI is InChI=1S/C15H22BrNS/c1-11(2)18-15-6-5-12(9-14(15)16)8-13-4-3-7-17-10-13/h5-6,9,11,13,17H,3-4,7-8,10H2,1-2H3. The Morgan fingerprint density at radius 3 is 2.89 bits per heavy atom. The maximum Gasteiger partial charge on any atom is 0.0314 e. The van der Waals surface area contributed by atoms with Crippen LogP contribution in [-0.2, 0) is 6.42 Å². The first-order chi connectivity index (χ1) is 8.65. The van der Waals surface area contributed by atoms with E-state index in [0.29, 0.717) is 5.25 Å². The van der Waals surface area contributed by atoms with Gasteiger partial charge in [-0.25, -0.2) is 0 Å². The maximum atomic E-state index is 3.70. The molecular weight excluding hydrogens is 306 g/mol. The van der Waals surface area contributed by atoms with Gasteiger partial charge in [0.1, 0.15) is 0 Å². The molecule has 0 aromatic heterocycles. The van der Waals surface area contributed by atoms with Crippen LogP contribution in [0.1, 0.15) is 32.3 Å². The molecule has 3 heteroatoms. The number of nitrogens with one attached hydrogen (secondary N) is 1. The lowest BCUT2D eigenvalue weighted by Crippen LogP contribution is -2.30. The summed E-state index contributed by atoms with van der Waals surface area (Å²) < 4.78 is 1.25. The first kappa shape index (κ1) is 14.4. The third-order valence-electron chi connectivity index (χ3n) is 3.28. The van der Waals surface area contributed by atoms with Gasteiger partial charge < -0.3 is 5.32 Å². The van der Waals surface area contributed by atoms with Crippen LogP contribution in [0, 0.1) is 5.92 Å². The predicted octanol–water partition coefficient (Wildman–Crippen LogP) is 4.49. The van der Waals surface area contributed by atoms with Crippen molar-refractivity contribution >= 4 is 27.7 Å². The van der Waals surface area contributed by atoms with Crippen molar-refractivity contribution in [2.75, 3.05) is 13.1 Å². The Morgan fingerprint density at radius 1 is 1.44 bits per heavy atom. The van der Waals surface area contributed by atoms with Crippen LogP contribution in [-0.4, -0.2) is 18.3 Å². The maximum absolute atomic E-state index is 3.70. The smallest absolute Gasteiger partial charge is 0.0314 e. The molecule has 1 saturated heterocycles. The Balaban J connectivity index is 1.99. The first-order valence-electron chi connectivity index (χ1n) is 6.81. The molecule has 0 aliphatic carbocycles. The third kappa shape index (κ3) is 4.29. The summed E-state index contributed by atoms with van der Waals surface area (Å²) in [6.45, 7) is 6.85. The van der Waals surface area contributed by atoms with Gasteiger partial charge in [0.25, 0.3) is 0 Å². The highest BCUT2D eigenvalue weighted by atomic mass is 79.9. The number of rotatable bonds is 4. The van der Waals surface area contributed by atoms with Crippen LogP contribution < -0.4 is 5.32 Å². The number of halogens is 1. The van der Waals surface area contributed by atoms with E-state index in [2.05, 4.69) is 53.3 Å². The average molecular weight is 328 g/mol. The molecule has 0 saturated carbocycles. The normalized spacial score (nSPS) is 20.3. The van der Waals surface area contributed by atoms with Gasteiger partial charge >= 0.3 is 0 Å². The van der Waals surface area contributed by atoms with Gasteiger partial charge in [-0.2, -0.15) is 0 Å². The number of benzene rings is 1. The lowest BCUT2D eigenvalue weighted by molar-refractivity contribution is 0.376. The average Bonchev–Trinajstić information content (AvgIpc) is 2.33. The molecule has 100 valence electrons. The van der Waals surface area contributed by atoms with Crippen molar-refractivity contribution in [3.8, 4) is 0 Å². The second kappa shape index (κ2) is 6.97. The minimum Gasteiger partial charge on any atom is -0.316 e. The molecule has 18 heavy (non-hydrogen) atoms. The molecule has 1 aliphatic rings. The summed E-state index contributed by atoms with van der Waals surface area (Å²) in [5.41, 5.74) is 1.46. The Kier molecular flexibility index (Phi) is 5.58. The molecule has 1 heterocycles. The zero-order valence-electron chi connectivity index (χ0n) is 11.2. The molecule has 1 atom stereocenters. The largest absolute Gasteiger partial charge is 0.316 e. The topological polar surface area (TPSA) is 12.0 Å². The summed E-state index contributed by atoms with van der Waals surface area (Å²) in [7, 11) is 0. The summed E-state index contributed by atoms with van der Waals surface area (Å²) in [4.78, 5) is 1.36. The minimum atomic E-state index is 0.634. The van der Waals surface area contributed by atoms with Crippen molar-refractivity contribution in [3.05, 3.63) is 28.2 Å². The van der Waals surface area contributed by atoms with Crippen LogP contribution >= 0.6 is 27.7 Å². The molecule has 0 bridgehead atoms. The molecule has 1 aromatic rings. The molecule has 2 rings (SSSR count). The lowest BCUT2D eigenvalue weighted by Gasteiger charge is -2.23. The van der Waals surface area contributed by atoms with Crippen LogP contribution in [0.15, 0.2) is 27.6 Å². The molecule has 0 radical (unpaired) electrons. The van der Waals surface area contributed by atoms with E-state index in [1.807, 2.05) is 11.8 Å². The van der Waals surface area contributed by atoms with Crippen molar-refractivity contribution in [2.45, 2.75) is 43.3 Å². The van der Waals surface area contributed by atoms with E-state index < -0.39 is 0 Å². The van der Waals surface area contributed by atoms with E-state index in [9.17, 15) is 0 Å². The SMILES string of the molecule is CC(C)Sc1ccc(CC2CCCNC2)cc1Br. The molecule has 1 fully saturated rings. The van der Waals surface area contributed by atoms with E-state index in [0.717, 1.165) is 5.92 Å². The Morgan fingerprint density at radius 2 is 2.28 bits per heavy atom. The highest BCUT2D eigenvalue weighted by Gasteiger charge is 2.14. The third-order valence-corrected chi connectivity index (χ3v) is 5.28. The Bertz CT molecular complexity index is 386. The predicted molar refractivity (Wildman–Crippen MR) is 84.4 cm³/mol. The molecule has 1 nitrogen and oxygen atoms in total.